The molecule has 4 nitrogen and oxygen atoms in total. The van der Waals surface area contributed by atoms with E-state index < -0.39 is 0 Å². The van der Waals surface area contributed by atoms with Crippen molar-refractivity contribution < 1.29 is 9.53 Å². The van der Waals surface area contributed by atoms with Crippen molar-refractivity contribution in [2.75, 3.05) is 26.3 Å². The molecule has 1 rings (SSSR count). The number of ether oxygens (including phenoxy) is 1. The Morgan fingerprint density at radius 1 is 1.53 bits per heavy atom. The van der Waals surface area contributed by atoms with E-state index in [9.17, 15) is 4.79 Å². The number of carbonyl (C=O) groups excluding carboxylic acids is 1. The second kappa shape index (κ2) is 7.67. The zero-order valence-electron chi connectivity index (χ0n) is 11.1. The van der Waals surface area contributed by atoms with Crippen LogP contribution in [-0.4, -0.2) is 32.2 Å². The summed E-state index contributed by atoms with van der Waals surface area (Å²) in [6, 6.07) is 0. The van der Waals surface area contributed by atoms with Gasteiger partial charge in [-0.3, -0.25) is 4.79 Å². The van der Waals surface area contributed by atoms with Gasteiger partial charge in [-0.2, -0.15) is 0 Å². The van der Waals surface area contributed by atoms with Crippen LogP contribution in [0.2, 0.25) is 0 Å². The fourth-order valence-corrected chi connectivity index (χ4v) is 2.24. The zero-order valence-corrected chi connectivity index (χ0v) is 11.1. The molecule has 0 bridgehead atoms. The average Bonchev–Trinajstić information content (AvgIpc) is 2.34. The molecule has 1 aliphatic rings. The van der Waals surface area contributed by atoms with Crippen molar-refractivity contribution >= 4 is 5.91 Å². The maximum absolute atomic E-state index is 11.9. The Morgan fingerprint density at radius 3 is 2.82 bits per heavy atom. The van der Waals surface area contributed by atoms with Crippen LogP contribution in [-0.2, 0) is 9.53 Å². The molecule has 1 aliphatic heterocycles. The highest BCUT2D eigenvalue weighted by Crippen LogP contribution is 2.14. The monoisotopic (exact) mass is 242 g/mol. The fourth-order valence-electron chi connectivity index (χ4n) is 2.24. The van der Waals surface area contributed by atoms with Gasteiger partial charge in [0.25, 0.3) is 0 Å². The first-order valence-electron chi connectivity index (χ1n) is 6.69. The molecule has 100 valence electrons. The van der Waals surface area contributed by atoms with Gasteiger partial charge in [0.1, 0.15) is 0 Å². The molecule has 2 atom stereocenters. The molecule has 0 aliphatic carbocycles. The number of hydrogen-bond acceptors (Lipinski definition) is 3. The normalized spacial score (nSPS) is 22.5. The Balaban J connectivity index is 2.26. The lowest BCUT2D eigenvalue weighted by Crippen LogP contribution is -2.39. The van der Waals surface area contributed by atoms with Crippen molar-refractivity contribution in [1.29, 1.82) is 0 Å². The quantitative estimate of drug-likeness (QED) is 0.734. The first-order valence-corrected chi connectivity index (χ1v) is 6.69. The smallest absolute Gasteiger partial charge is 0.224 e. The predicted octanol–water partition coefficient (Wildman–Crippen LogP) is 1.15. The van der Waals surface area contributed by atoms with Crippen molar-refractivity contribution in [2.24, 2.45) is 23.5 Å². The molecule has 3 N–H and O–H groups in total. The lowest BCUT2D eigenvalue weighted by Gasteiger charge is -2.23. The number of carbonyl (C=O) groups is 1. The van der Waals surface area contributed by atoms with Gasteiger partial charge in [0.2, 0.25) is 5.91 Å². The second-order valence-corrected chi connectivity index (χ2v) is 5.39. The summed E-state index contributed by atoms with van der Waals surface area (Å²) in [6.45, 7) is 7.04. The van der Waals surface area contributed by atoms with Gasteiger partial charge in [0.05, 0.1) is 12.5 Å². The van der Waals surface area contributed by atoms with E-state index in [0.29, 0.717) is 18.4 Å². The number of amides is 1. The molecule has 0 aromatic rings. The molecular weight excluding hydrogens is 216 g/mol. The van der Waals surface area contributed by atoms with Crippen LogP contribution in [0.4, 0.5) is 0 Å². The number of nitrogens with one attached hydrogen (secondary N) is 1. The van der Waals surface area contributed by atoms with E-state index in [1.165, 1.54) is 0 Å². The Hall–Kier alpha value is -0.610. The van der Waals surface area contributed by atoms with E-state index in [-0.39, 0.29) is 11.8 Å². The van der Waals surface area contributed by atoms with Crippen LogP contribution >= 0.6 is 0 Å². The van der Waals surface area contributed by atoms with Gasteiger partial charge in [-0.1, -0.05) is 13.8 Å². The molecule has 0 aromatic carbocycles. The highest BCUT2D eigenvalue weighted by atomic mass is 16.5. The lowest BCUT2D eigenvalue weighted by molar-refractivity contribution is -0.125. The third-order valence-electron chi connectivity index (χ3n) is 3.23. The van der Waals surface area contributed by atoms with E-state index in [0.717, 1.165) is 39.0 Å². The maximum atomic E-state index is 11.9. The number of hydrogen-bond donors (Lipinski definition) is 2. The van der Waals surface area contributed by atoms with Crippen LogP contribution in [0.5, 0.6) is 0 Å². The molecule has 17 heavy (non-hydrogen) atoms. The third kappa shape index (κ3) is 5.50. The van der Waals surface area contributed by atoms with Gasteiger partial charge >= 0.3 is 0 Å². The third-order valence-corrected chi connectivity index (χ3v) is 3.23. The highest BCUT2D eigenvalue weighted by Gasteiger charge is 2.20. The first-order chi connectivity index (χ1) is 8.13. The number of nitrogens with two attached hydrogens (primary N) is 1. The van der Waals surface area contributed by atoms with Crippen LogP contribution in [0.3, 0.4) is 0 Å². The van der Waals surface area contributed by atoms with E-state index in [4.69, 9.17) is 10.5 Å². The Morgan fingerprint density at radius 2 is 2.29 bits per heavy atom. The van der Waals surface area contributed by atoms with E-state index in [1.54, 1.807) is 0 Å². The molecular formula is C13H26N2O2. The van der Waals surface area contributed by atoms with Crippen molar-refractivity contribution in [1.82, 2.24) is 5.32 Å². The van der Waals surface area contributed by atoms with Crippen molar-refractivity contribution in [3.05, 3.63) is 0 Å². The summed E-state index contributed by atoms with van der Waals surface area (Å²) in [7, 11) is 0. The predicted molar refractivity (Wildman–Crippen MR) is 68.6 cm³/mol. The largest absolute Gasteiger partial charge is 0.381 e. The SMILES string of the molecule is CC(C)CC(CN)C(=O)NCC1CCCOC1. The summed E-state index contributed by atoms with van der Waals surface area (Å²) in [4.78, 5) is 11.9. The van der Waals surface area contributed by atoms with E-state index >= 15 is 0 Å². The summed E-state index contributed by atoms with van der Waals surface area (Å²) in [5.41, 5.74) is 5.65. The Kier molecular flexibility index (Phi) is 6.52. The van der Waals surface area contributed by atoms with Gasteiger partial charge in [0.15, 0.2) is 0 Å². The summed E-state index contributed by atoms with van der Waals surface area (Å²) in [6.07, 6.45) is 3.12. The summed E-state index contributed by atoms with van der Waals surface area (Å²) in [5.74, 6) is 1.05. The minimum Gasteiger partial charge on any atom is -0.381 e. The summed E-state index contributed by atoms with van der Waals surface area (Å²) < 4.78 is 5.39. The van der Waals surface area contributed by atoms with Crippen LogP contribution in [0.15, 0.2) is 0 Å². The van der Waals surface area contributed by atoms with Crippen LogP contribution in [0, 0.1) is 17.8 Å². The van der Waals surface area contributed by atoms with E-state index in [1.807, 2.05) is 0 Å². The standard InChI is InChI=1S/C13H26N2O2/c1-10(2)6-12(7-14)13(16)15-8-11-4-3-5-17-9-11/h10-12H,3-9,14H2,1-2H3,(H,15,16). The maximum Gasteiger partial charge on any atom is 0.224 e. The summed E-state index contributed by atoms with van der Waals surface area (Å²) in [5, 5.41) is 3.01. The van der Waals surface area contributed by atoms with Crippen LogP contribution < -0.4 is 11.1 Å². The number of rotatable bonds is 6. The van der Waals surface area contributed by atoms with Gasteiger partial charge in [-0.15, -0.1) is 0 Å². The average molecular weight is 242 g/mol. The minimum absolute atomic E-state index is 0.0421. The van der Waals surface area contributed by atoms with Crippen molar-refractivity contribution in [2.45, 2.75) is 33.1 Å². The van der Waals surface area contributed by atoms with Gasteiger partial charge in [0, 0.05) is 19.7 Å². The molecule has 1 heterocycles. The van der Waals surface area contributed by atoms with Crippen LogP contribution in [0.25, 0.3) is 0 Å². The molecule has 4 heteroatoms. The topological polar surface area (TPSA) is 64.4 Å². The first kappa shape index (κ1) is 14.5. The molecule has 1 fully saturated rings. The van der Waals surface area contributed by atoms with Crippen molar-refractivity contribution in [3.63, 3.8) is 0 Å². The summed E-state index contributed by atoms with van der Waals surface area (Å²) >= 11 is 0. The zero-order chi connectivity index (χ0) is 12.7. The lowest BCUT2D eigenvalue weighted by atomic mass is 9.96. The van der Waals surface area contributed by atoms with Gasteiger partial charge in [-0.25, -0.2) is 0 Å². The van der Waals surface area contributed by atoms with Crippen LogP contribution in [0.1, 0.15) is 33.1 Å². The van der Waals surface area contributed by atoms with Gasteiger partial charge in [-0.05, 0) is 31.1 Å². The highest BCUT2D eigenvalue weighted by molar-refractivity contribution is 5.78. The molecule has 1 amide bonds. The van der Waals surface area contributed by atoms with Crippen molar-refractivity contribution in [3.8, 4) is 0 Å². The second-order valence-electron chi connectivity index (χ2n) is 5.39. The molecule has 0 aromatic heterocycles. The van der Waals surface area contributed by atoms with E-state index in [2.05, 4.69) is 19.2 Å². The Labute approximate surface area is 104 Å². The molecule has 1 saturated heterocycles. The van der Waals surface area contributed by atoms with Gasteiger partial charge < -0.3 is 15.8 Å². The molecule has 0 spiro atoms. The Bertz CT molecular complexity index is 225. The molecule has 0 radical (unpaired) electrons. The molecule has 2 unspecified atom stereocenters. The molecule has 0 saturated carbocycles. The minimum atomic E-state index is -0.0421. The fraction of sp³-hybridized carbons (Fsp3) is 0.923.